The fourth-order valence-electron chi connectivity index (χ4n) is 2.28. The highest BCUT2D eigenvalue weighted by atomic mass is 16.6. The van der Waals surface area contributed by atoms with Crippen LogP contribution in [0.4, 0.5) is 4.79 Å². The molecule has 0 radical (unpaired) electrons. The quantitative estimate of drug-likeness (QED) is 0.790. The van der Waals surface area contributed by atoms with Crippen LogP contribution in [0.25, 0.3) is 0 Å². The summed E-state index contributed by atoms with van der Waals surface area (Å²) in [5.41, 5.74) is -0.526. The van der Waals surface area contributed by atoms with Crippen LogP contribution >= 0.6 is 0 Å². The van der Waals surface area contributed by atoms with E-state index in [-0.39, 0.29) is 18.0 Å². The van der Waals surface area contributed by atoms with Crippen molar-refractivity contribution in [1.29, 1.82) is 0 Å². The zero-order chi connectivity index (χ0) is 15.2. The molecule has 5 nitrogen and oxygen atoms in total. The van der Waals surface area contributed by atoms with Gasteiger partial charge in [0.2, 0.25) is 5.91 Å². The number of nitrogens with zero attached hydrogens (tertiary/aromatic N) is 1. The van der Waals surface area contributed by atoms with Gasteiger partial charge in [-0.05, 0) is 40.0 Å². The number of likely N-dealkylation sites (tertiary alicyclic amines) is 1. The maximum Gasteiger partial charge on any atom is 0.410 e. The molecule has 0 aromatic rings. The monoisotopic (exact) mass is 284 g/mol. The van der Waals surface area contributed by atoms with Crippen molar-refractivity contribution in [3.05, 3.63) is 0 Å². The number of carbonyl (C=O) groups is 2. The lowest BCUT2D eigenvalue weighted by Crippen LogP contribution is -2.47. The minimum absolute atomic E-state index is 0.0514. The number of rotatable bonds is 5. The van der Waals surface area contributed by atoms with Crippen LogP contribution < -0.4 is 5.32 Å². The summed E-state index contributed by atoms with van der Waals surface area (Å²) < 4.78 is 5.35. The van der Waals surface area contributed by atoms with Gasteiger partial charge in [0, 0.05) is 13.1 Å². The van der Waals surface area contributed by atoms with Gasteiger partial charge in [-0.1, -0.05) is 19.8 Å². The molecule has 1 rings (SSSR count). The van der Waals surface area contributed by atoms with Crippen LogP contribution in [0.2, 0.25) is 0 Å². The minimum atomic E-state index is -0.526. The molecule has 0 bridgehead atoms. The average Bonchev–Trinajstić information content (AvgIpc) is 2.81. The molecule has 1 aliphatic heterocycles. The summed E-state index contributed by atoms with van der Waals surface area (Å²) in [5, 5.41) is 2.92. The number of ether oxygens (including phenoxy) is 1. The molecular formula is C15H28N2O3. The van der Waals surface area contributed by atoms with E-state index in [2.05, 4.69) is 12.2 Å². The van der Waals surface area contributed by atoms with Gasteiger partial charge in [-0.25, -0.2) is 4.79 Å². The molecule has 0 unspecified atom stereocenters. The summed E-state index contributed by atoms with van der Waals surface area (Å²) in [5.74, 6) is -0.0514. The highest BCUT2D eigenvalue weighted by Gasteiger charge is 2.36. The third kappa shape index (κ3) is 5.39. The Morgan fingerprint density at radius 3 is 2.60 bits per heavy atom. The minimum Gasteiger partial charge on any atom is -0.444 e. The highest BCUT2D eigenvalue weighted by molar-refractivity contribution is 5.86. The first kappa shape index (κ1) is 16.8. The third-order valence-electron chi connectivity index (χ3n) is 3.26. The van der Waals surface area contributed by atoms with Gasteiger partial charge in [0.05, 0.1) is 0 Å². The number of hydrogen-bond acceptors (Lipinski definition) is 3. The van der Waals surface area contributed by atoms with Crippen LogP contribution in [-0.2, 0) is 9.53 Å². The molecule has 2 amide bonds. The van der Waals surface area contributed by atoms with Crippen molar-refractivity contribution >= 4 is 12.0 Å². The Labute approximate surface area is 122 Å². The van der Waals surface area contributed by atoms with Gasteiger partial charge >= 0.3 is 6.09 Å². The standard InChI is InChI=1S/C15H28N2O3/c1-5-6-7-10-16-13(18)12-9-8-11-17(12)14(19)20-15(2,3)4/h12H,5-11H2,1-4H3,(H,16,18)/t12-/m0/s1. The molecule has 1 aliphatic rings. The normalized spacial score (nSPS) is 19.0. The summed E-state index contributed by atoms with van der Waals surface area (Å²) in [7, 11) is 0. The zero-order valence-electron chi connectivity index (χ0n) is 13.2. The Kier molecular flexibility index (Phi) is 6.30. The van der Waals surface area contributed by atoms with E-state index in [0.29, 0.717) is 13.1 Å². The second-order valence-electron chi connectivity index (χ2n) is 6.33. The SMILES string of the molecule is CCCCCNC(=O)[C@@H]1CCCN1C(=O)OC(C)(C)C. The fraction of sp³-hybridized carbons (Fsp3) is 0.867. The lowest BCUT2D eigenvalue weighted by Gasteiger charge is -2.28. The van der Waals surface area contributed by atoms with Gasteiger partial charge in [-0.15, -0.1) is 0 Å². The Balaban J connectivity index is 2.47. The van der Waals surface area contributed by atoms with Gasteiger partial charge in [-0.2, -0.15) is 0 Å². The number of hydrogen-bond donors (Lipinski definition) is 1. The Morgan fingerprint density at radius 2 is 2.00 bits per heavy atom. The van der Waals surface area contributed by atoms with Crippen molar-refractivity contribution in [2.24, 2.45) is 0 Å². The maximum atomic E-state index is 12.1. The van der Waals surface area contributed by atoms with E-state index in [9.17, 15) is 9.59 Å². The molecule has 116 valence electrons. The van der Waals surface area contributed by atoms with E-state index in [1.165, 1.54) is 0 Å². The Morgan fingerprint density at radius 1 is 1.30 bits per heavy atom. The maximum absolute atomic E-state index is 12.1. The second kappa shape index (κ2) is 7.50. The average molecular weight is 284 g/mol. The number of amides is 2. The molecule has 1 atom stereocenters. The van der Waals surface area contributed by atoms with Crippen molar-refractivity contribution in [1.82, 2.24) is 10.2 Å². The van der Waals surface area contributed by atoms with Crippen molar-refractivity contribution in [3.8, 4) is 0 Å². The highest BCUT2D eigenvalue weighted by Crippen LogP contribution is 2.20. The van der Waals surface area contributed by atoms with E-state index in [0.717, 1.165) is 32.1 Å². The number of unbranched alkanes of at least 4 members (excludes halogenated alkanes) is 2. The second-order valence-corrected chi connectivity index (χ2v) is 6.33. The van der Waals surface area contributed by atoms with Crippen molar-refractivity contribution in [2.75, 3.05) is 13.1 Å². The zero-order valence-corrected chi connectivity index (χ0v) is 13.2. The van der Waals surface area contributed by atoms with Crippen LogP contribution in [0.5, 0.6) is 0 Å². The lowest BCUT2D eigenvalue weighted by molar-refractivity contribution is -0.125. The van der Waals surface area contributed by atoms with Crippen LogP contribution in [0.3, 0.4) is 0 Å². The van der Waals surface area contributed by atoms with E-state index < -0.39 is 5.60 Å². The predicted octanol–water partition coefficient (Wildman–Crippen LogP) is 2.69. The summed E-state index contributed by atoms with van der Waals surface area (Å²) in [6.45, 7) is 8.92. The van der Waals surface area contributed by atoms with Gasteiger partial charge in [0.15, 0.2) is 0 Å². The van der Waals surface area contributed by atoms with Crippen molar-refractivity contribution < 1.29 is 14.3 Å². The molecule has 1 heterocycles. The van der Waals surface area contributed by atoms with Crippen LogP contribution in [0.1, 0.15) is 59.8 Å². The first-order chi connectivity index (χ1) is 9.35. The van der Waals surface area contributed by atoms with Gasteiger partial charge in [0.1, 0.15) is 11.6 Å². The van der Waals surface area contributed by atoms with Gasteiger partial charge in [0.25, 0.3) is 0 Å². The topological polar surface area (TPSA) is 58.6 Å². The van der Waals surface area contributed by atoms with Gasteiger partial charge in [-0.3, -0.25) is 9.69 Å². The largest absolute Gasteiger partial charge is 0.444 e. The molecule has 0 spiro atoms. The van der Waals surface area contributed by atoms with E-state index >= 15 is 0 Å². The van der Waals surface area contributed by atoms with E-state index in [1.54, 1.807) is 4.90 Å². The predicted molar refractivity (Wildman–Crippen MR) is 78.5 cm³/mol. The first-order valence-corrected chi connectivity index (χ1v) is 7.62. The first-order valence-electron chi connectivity index (χ1n) is 7.62. The molecule has 20 heavy (non-hydrogen) atoms. The molecule has 0 aromatic carbocycles. The van der Waals surface area contributed by atoms with Gasteiger partial charge < -0.3 is 10.1 Å². The van der Waals surface area contributed by atoms with Crippen LogP contribution in [-0.4, -0.2) is 41.6 Å². The summed E-state index contributed by atoms with van der Waals surface area (Å²) in [6.07, 6.45) is 4.42. The number of nitrogens with one attached hydrogen (secondary N) is 1. The summed E-state index contributed by atoms with van der Waals surface area (Å²) >= 11 is 0. The Hall–Kier alpha value is -1.26. The smallest absolute Gasteiger partial charge is 0.410 e. The fourth-order valence-corrected chi connectivity index (χ4v) is 2.28. The molecule has 5 heteroatoms. The van der Waals surface area contributed by atoms with Crippen LogP contribution in [0, 0.1) is 0 Å². The Bertz CT molecular complexity index is 337. The molecule has 1 saturated heterocycles. The molecule has 1 N–H and O–H groups in total. The van der Waals surface area contributed by atoms with Crippen LogP contribution in [0.15, 0.2) is 0 Å². The van der Waals surface area contributed by atoms with Crippen molar-refractivity contribution in [3.63, 3.8) is 0 Å². The molecule has 0 saturated carbocycles. The number of carbonyl (C=O) groups excluding carboxylic acids is 2. The molecule has 0 aliphatic carbocycles. The van der Waals surface area contributed by atoms with Crippen molar-refractivity contribution in [2.45, 2.75) is 71.4 Å². The molecular weight excluding hydrogens is 256 g/mol. The summed E-state index contributed by atoms with van der Waals surface area (Å²) in [6, 6.07) is -0.369. The van der Waals surface area contributed by atoms with E-state index in [1.807, 2.05) is 20.8 Å². The van der Waals surface area contributed by atoms with E-state index in [4.69, 9.17) is 4.74 Å². The molecule has 0 aromatic heterocycles. The molecule has 1 fully saturated rings. The third-order valence-corrected chi connectivity index (χ3v) is 3.26. The summed E-state index contributed by atoms with van der Waals surface area (Å²) in [4.78, 5) is 25.8. The lowest BCUT2D eigenvalue weighted by atomic mass is 10.2.